The van der Waals surface area contributed by atoms with Gasteiger partial charge in [0.1, 0.15) is 5.69 Å². The van der Waals surface area contributed by atoms with Gasteiger partial charge in [0, 0.05) is 25.3 Å². The second-order valence-corrected chi connectivity index (χ2v) is 8.44. The molecule has 8 heteroatoms. The van der Waals surface area contributed by atoms with Crippen molar-refractivity contribution >= 4 is 21.7 Å². The van der Waals surface area contributed by atoms with Gasteiger partial charge in [0.15, 0.2) is 9.84 Å². The molecule has 2 aliphatic rings. The zero-order valence-corrected chi connectivity index (χ0v) is 13.9. The molecular formula is C15H22N4O3S. The van der Waals surface area contributed by atoms with Crippen LogP contribution in [0.3, 0.4) is 0 Å². The molecule has 2 fully saturated rings. The van der Waals surface area contributed by atoms with Gasteiger partial charge in [-0.1, -0.05) is 12.8 Å². The number of carbonyl (C=O) groups is 1. The van der Waals surface area contributed by atoms with E-state index in [4.69, 9.17) is 0 Å². The number of nitrogens with zero attached hydrogens (tertiary/aromatic N) is 3. The Hall–Kier alpha value is -1.70. The molecule has 1 amide bonds. The van der Waals surface area contributed by atoms with Crippen LogP contribution >= 0.6 is 0 Å². The summed E-state index contributed by atoms with van der Waals surface area (Å²) >= 11 is 0. The maximum Gasteiger partial charge on any atom is 0.272 e. The third-order valence-corrected chi connectivity index (χ3v) is 6.10. The molecule has 1 unspecified atom stereocenters. The molecular weight excluding hydrogens is 316 g/mol. The minimum atomic E-state index is -2.96. The Bertz CT molecular complexity index is 669. The Balaban J connectivity index is 1.68. The maximum absolute atomic E-state index is 12.6. The molecule has 7 nitrogen and oxygen atoms in total. The van der Waals surface area contributed by atoms with Crippen LogP contribution < -0.4 is 5.32 Å². The van der Waals surface area contributed by atoms with E-state index in [2.05, 4.69) is 15.3 Å². The van der Waals surface area contributed by atoms with E-state index in [1.807, 2.05) is 4.90 Å². The maximum atomic E-state index is 12.6. The van der Waals surface area contributed by atoms with E-state index in [0.29, 0.717) is 18.1 Å². The van der Waals surface area contributed by atoms with Gasteiger partial charge in [-0.2, -0.15) is 0 Å². The fourth-order valence-electron chi connectivity index (χ4n) is 3.07. The largest absolute Gasteiger partial charge is 0.350 e. The second kappa shape index (κ2) is 6.82. The number of amides is 1. The number of hydrogen-bond acceptors (Lipinski definition) is 6. The van der Waals surface area contributed by atoms with Crippen LogP contribution in [-0.2, 0) is 9.84 Å². The van der Waals surface area contributed by atoms with Crippen molar-refractivity contribution in [3.05, 3.63) is 18.0 Å². The van der Waals surface area contributed by atoms with Crippen molar-refractivity contribution in [2.24, 2.45) is 0 Å². The Morgan fingerprint density at radius 2 is 1.96 bits per heavy atom. The number of sulfone groups is 1. The number of rotatable bonds is 3. The number of aromatic nitrogens is 2. The third-order valence-electron chi connectivity index (χ3n) is 4.33. The fraction of sp³-hybridized carbons (Fsp3) is 0.667. The highest BCUT2D eigenvalue weighted by Gasteiger charge is 2.28. The SMILES string of the molecule is O=C(c1ccnc(NC2CCS(=O)(=O)C2)n1)N1CCCCCC1. The smallest absolute Gasteiger partial charge is 0.272 e. The monoisotopic (exact) mass is 338 g/mol. The quantitative estimate of drug-likeness (QED) is 0.887. The minimum absolute atomic E-state index is 0.0728. The zero-order chi connectivity index (χ0) is 16.3. The molecule has 3 heterocycles. The van der Waals surface area contributed by atoms with Crippen molar-refractivity contribution in [3.8, 4) is 0 Å². The molecule has 1 aromatic rings. The van der Waals surface area contributed by atoms with Gasteiger partial charge in [0.25, 0.3) is 5.91 Å². The predicted molar refractivity (Wildman–Crippen MR) is 87.1 cm³/mol. The van der Waals surface area contributed by atoms with E-state index in [0.717, 1.165) is 38.8 Å². The van der Waals surface area contributed by atoms with Gasteiger partial charge < -0.3 is 10.2 Å². The second-order valence-electron chi connectivity index (χ2n) is 6.22. The van der Waals surface area contributed by atoms with E-state index in [1.165, 1.54) is 0 Å². The highest BCUT2D eigenvalue weighted by molar-refractivity contribution is 7.91. The molecule has 0 saturated carbocycles. The molecule has 0 aromatic carbocycles. The molecule has 0 spiro atoms. The first-order chi connectivity index (χ1) is 11.0. The normalized spacial score (nSPS) is 24.2. The first kappa shape index (κ1) is 16.2. The summed E-state index contributed by atoms with van der Waals surface area (Å²) < 4.78 is 23.0. The van der Waals surface area contributed by atoms with Crippen LogP contribution in [0.2, 0.25) is 0 Å². The molecule has 0 bridgehead atoms. The van der Waals surface area contributed by atoms with Crippen molar-refractivity contribution in [1.29, 1.82) is 0 Å². The number of carbonyl (C=O) groups excluding carboxylic acids is 1. The average Bonchev–Trinajstić information content (AvgIpc) is 2.74. The summed E-state index contributed by atoms with van der Waals surface area (Å²) in [7, 11) is -2.96. The summed E-state index contributed by atoms with van der Waals surface area (Å²) in [5.74, 6) is 0.543. The summed E-state index contributed by atoms with van der Waals surface area (Å²) in [6.45, 7) is 1.54. The lowest BCUT2D eigenvalue weighted by Gasteiger charge is -2.20. The molecule has 23 heavy (non-hydrogen) atoms. The van der Waals surface area contributed by atoms with Gasteiger partial charge in [-0.05, 0) is 25.3 Å². The number of likely N-dealkylation sites (tertiary alicyclic amines) is 1. The van der Waals surface area contributed by atoms with Crippen LogP contribution in [0.15, 0.2) is 12.3 Å². The van der Waals surface area contributed by atoms with Crippen LogP contribution in [0, 0.1) is 0 Å². The van der Waals surface area contributed by atoms with Crippen molar-refractivity contribution in [2.45, 2.75) is 38.1 Å². The molecule has 0 radical (unpaired) electrons. The number of nitrogens with one attached hydrogen (secondary N) is 1. The topological polar surface area (TPSA) is 92.3 Å². The van der Waals surface area contributed by atoms with Gasteiger partial charge in [-0.15, -0.1) is 0 Å². The lowest BCUT2D eigenvalue weighted by atomic mass is 10.2. The Labute approximate surface area is 136 Å². The first-order valence-electron chi connectivity index (χ1n) is 8.13. The lowest BCUT2D eigenvalue weighted by molar-refractivity contribution is 0.0755. The van der Waals surface area contributed by atoms with E-state index < -0.39 is 9.84 Å². The highest BCUT2D eigenvalue weighted by atomic mass is 32.2. The minimum Gasteiger partial charge on any atom is -0.350 e. The molecule has 1 N–H and O–H groups in total. The molecule has 0 aliphatic carbocycles. The van der Waals surface area contributed by atoms with Crippen molar-refractivity contribution in [1.82, 2.24) is 14.9 Å². The Morgan fingerprint density at radius 3 is 2.61 bits per heavy atom. The van der Waals surface area contributed by atoms with E-state index >= 15 is 0 Å². The Kier molecular flexibility index (Phi) is 4.79. The van der Waals surface area contributed by atoms with Crippen molar-refractivity contribution in [3.63, 3.8) is 0 Å². The van der Waals surface area contributed by atoms with Gasteiger partial charge in [0.05, 0.1) is 11.5 Å². The summed E-state index contributed by atoms with van der Waals surface area (Å²) in [4.78, 5) is 22.8. The van der Waals surface area contributed by atoms with E-state index in [1.54, 1.807) is 12.3 Å². The first-order valence-corrected chi connectivity index (χ1v) is 9.95. The van der Waals surface area contributed by atoms with Crippen LogP contribution in [-0.4, -0.2) is 59.8 Å². The molecule has 3 rings (SSSR count). The van der Waals surface area contributed by atoms with Crippen LogP contribution in [0.1, 0.15) is 42.6 Å². The van der Waals surface area contributed by atoms with Gasteiger partial charge in [0.2, 0.25) is 5.95 Å². The summed E-state index contributed by atoms with van der Waals surface area (Å²) in [5, 5.41) is 3.03. The molecule has 1 atom stereocenters. The van der Waals surface area contributed by atoms with Crippen LogP contribution in [0.5, 0.6) is 0 Å². The van der Waals surface area contributed by atoms with E-state index in [9.17, 15) is 13.2 Å². The number of anilines is 1. The Morgan fingerprint density at radius 1 is 1.22 bits per heavy atom. The summed E-state index contributed by atoms with van der Waals surface area (Å²) in [6.07, 6.45) is 6.48. The average molecular weight is 338 g/mol. The highest BCUT2D eigenvalue weighted by Crippen LogP contribution is 2.16. The molecule has 126 valence electrons. The van der Waals surface area contributed by atoms with Crippen molar-refractivity contribution < 1.29 is 13.2 Å². The standard InChI is InChI=1S/C15H22N4O3S/c20-14(19-8-3-1-2-4-9-19)13-5-7-16-15(18-13)17-12-6-10-23(21,22)11-12/h5,7,12H,1-4,6,8-11H2,(H,16,17,18). The lowest BCUT2D eigenvalue weighted by Crippen LogP contribution is -2.32. The molecule has 2 aliphatic heterocycles. The van der Waals surface area contributed by atoms with Crippen LogP contribution in [0.25, 0.3) is 0 Å². The van der Waals surface area contributed by atoms with E-state index in [-0.39, 0.29) is 23.5 Å². The van der Waals surface area contributed by atoms with Gasteiger partial charge >= 0.3 is 0 Å². The van der Waals surface area contributed by atoms with Crippen LogP contribution in [0.4, 0.5) is 5.95 Å². The zero-order valence-electron chi connectivity index (χ0n) is 13.1. The summed E-state index contributed by atoms with van der Waals surface area (Å²) in [5.41, 5.74) is 0.366. The molecule has 2 saturated heterocycles. The third kappa shape index (κ3) is 4.19. The summed E-state index contributed by atoms with van der Waals surface area (Å²) in [6, 6.07) is 1.44. The molecule has 1 aromatic heterocycles. The fourth-order valence-corrected chi connectivity index (χ4v) is 4.75. The predicted octanol–water partition coefficient (Wildman–Crippen LogP) is 1.09. The van der Waals surface area contributed by atoms with Gasteiger partial charge in [-0.25, -0.2) is 18.4 Å². The van der Waals surface area contributed by atoms with Crippen molar-refractivity contribution in [2.75, 3.05) is 29.9 Å². The van der Waals surface area contributed by atoms with Gasteiger partial charge in [-0.3, -0.25) is 4.79 Å². The number of hydrogen-bond donors (Lipinski definition) is 1.